The molecule has 0 saturated heterocycles. The van der Waals surface area contributed by atoms with Crippen molar-refractivity contribution in [2.45, 2.75) is 26.7 Å². The number of ketones is 1. The highest BCUT2D eigenvalue weighted by atomic mass is 32.2. The van der Waals surface area contributed by atoms with Gasteiger partial charge in [0.1, 0.15) is 9.84 Å². The summed E-state index contributed by atoms with van der Waals surface area (Å²) in [6.45, 7) is 3.45. The number of thiazole rings is 1. The molecule has 0 bridgehead atoms. The van der Waals surface area contributed by atoms with Crippen molar-refractivity contribution in [3.8, 4) is 0 Å². The number of sulfone groups is 1. The van der Waals surface area contributed by atoms with Crippen LogP contribution < -0.4 is 0 Å². The smallest absolute Gasteiger partial charge is 0.174 e. The fourth-order valence-electron chi connectivity index (χ4n) is 1.21. The highest BCUT2D eigenvalue weighted by Gasteiger charge is 2.12. The van der Waals surface area contributed by atoms with Gasteiger partial charge in [-0.15, -0.1) is 11.3 Å². The lowest BCUT2D eigenvalue weighted by atomic mass is 10.2. The maximum Gasteiger partial charge on any atom is 0.174 e. The lowest BCUT2D eigenvalue weighted by Gasteiger charge is -1.99. The Morgan fingerprint density at radius 2 is 2.19 bits per heavy atom. The predicted octanol–water partition coefficient (Wildman–Crippen LogP) is 1.85. The molecular weight excluding hydrogens is 246 g/mol. The number of aryl methyl sites for hydroxylation is 1. The van der Waals surface area contributed by atoms with Crippen molar-refractivity contribution in [2.24, 2.45) is 0 Å². The van der Waals surface area contributed by atoms with Gasteiger partial charge in [0, 0.05) is 18.4 Å². The predicted molar refractivity (Wildman–Crippen MR) is 64.7 cm³/mol. The summed E-state index contributed by atoms with van der Waals surface area (Å²) in [5.41, 5.74) is 0. The zero-order valence-electron chi connectivity index (χ0n) is 9.39. The average Bonchev–Trinajstić information content (AvgIpc) is 2.64. The van der Waals surface area contributed by atoms with Crippen molar-refractivity contribution >= 4 is 27.0 Å². The van der Waals surface area contributed by atoms with Crippen molar-refractivity contribution in [1.82, 2.24) is 4.98 Å². The molecule has 0 aliphatic carbocycles. The van der Waals surface area contributed by atoms with Crippen LogP contribution in [0.25, 0.3) is 0 Å². The van der Waals surface area contributed by atoms with Crippen molar-refractivity contribution in [1.29, 1.82) is 0 Å². The van der Waals surface area contributed by atoms with E-state index in [9.17, 15) is 13.2 Å². The normalized spacial score (nSPS) is 11.6. The lowest BCUT2D eigenvalue weighted by Crippen LogP contribution is -2.10. The molecule has 0 unspecified atom stereocenters. The SMILES string of the molecule is CCS(=O)(=O)CCCC(=O)c1cnc(C)s1. The molecule has 0 saturated carbocycles. The molecule has 0 aliphatic heterocycles. The van der Waals surface area contributed by atoms with E-state index in [2.05, 4.69) is 4.98 Å². The number of aromatic nitrogens is 1. The highest BCUT2D eigenvalue weighted by Crippen LogP contribution is 2.14. The number of hydrogen-bond donors (Lipinski definition) is 0. The Labute approximate surface area is 99.6 Å². The van der Waals surface area contributed by atoms with E-state index in [4.69, 9.17) is 0 Å². The average molecular weight is 261 g/mol. The highest BCUT2D eigenvalue weighted by molar-refractivity contribution is 7.91. The number of carbonyl (C=O) groups is 1. The molecule has 4 nitrogen and oxygen atoms in total. The van der Waals surface area contributed by atoms with Crippen molar-refractivity contribution in [3.05, 3.63) is 16.1 Å². The molecule has 6 heteroatoms. The van der Waals surface area contributed by atoms with Crippen LogP contribution in [0.4, 0.5) is 0 Å². The summed E-state index contributed by atoms with van der Waals surface area (Å²) in [4.78, 5) is 16.2. The first-order valence-corrected chi connectivity index (χ1v) is 7.74. The van der Waals surface area contributed by atoms with Gasteiger partial charge in [0.2, 0.25) is 0 Å². The first-order chi connectivity index (χ1) is 7.44. The van der Waals surface area contributed by atoms with E-state index >= 15 is 0 Å². The van der Waals surface area contributed by atoms with Gasteiger partial charge in [0.25, 0.3) is 0 Å². The molecule has 0 aromatic carbocycles. The molecule has 16 heavy (non-hydrogen) atoms. The van der Waals surface area contributed by atoms with Gasteiger partial charge in [-0.25, -0.2) is 13.4 Å². The third-order valence-corrected chi connectivity index (χ3v) is 4.94. The van der Waals surface area contributed by atoms with E-state index in [1.54, 1.807) is 13.1 Å². The second-order valence-electron chi connectivity index (χ2n) is 3.51. The van der Waals surface area contributed by atoms with Crippen LogP contribution in [0, 0.1) is 6.92 Å². The van der Waals surface area contributed by atoms with Crippen LogP contribution in [0.1, 0.15) is 34.4 Å². The Morgan fingerprint density at radius 3 is 2.69 bits per heavy atom. The van der Waals surface area contributed by atoms with E-state index in [0.29, 0.717) is 11.3 Å². The van der Waals surface area contributed by atoms with Gasteiger partial charge in [0.05, 0.1) is 15.6 Å². The van der Waals surface area contributed by atoms with Crippen LogP contribution in [0.3, 0.4) is 0 Å². The second kappa shape index (κ2) is 5.54. The largest absolute Gasteiger partial charge is 0.293 e. The third kappa shape index (κ3) is 4.02. The summed E-state index contributed by atoms with van der Waals surface area (Å²) < 4.78 is 22.4. The van der Waals surface area contributed by atoms with Gasteiger partial charge in [0.15, 0.2) is 5.78 Å². The summed E-state index contributed by atoms with van der Waals surface area (Å²) in [5, 5.41) is 0.851. The molecule has 1 heterocycles. The molecule has 90 valence electrons. The third-order valence-electron chi connectivity index (χ3n) is 2.20. The fourth-order valence-corrected chi connectivity index (χ4v) is 2.83. The molecule has 0 N–H and O–H groups in total. The molecule has 0 atom stereocenters. The Morgan fingerprint density at radius 1 is 1.50 bits per heavy atom. The summed E-state index contributed by atoms with van der Waals surface area (Å²) in [6.07, 6.45) is 2.23. The Balaban J connectivity index is 2.43. The summed E-state index contributed by atoms with van der Waals surface area (Å²) in [7, 11) is -2.96. The van der Waals surface area contributed by atoms with Crippen LogP contribution in [-0.2, 0) is 9.84 Å². The van der Waals surface area contributed by atoms with E-state index in [1.807, 2.05) is 6.92 Å². The maximum atomic E-state index is 11.6. The van der Waals surface area contributed by atoms with E-state index in [1.165, 1.54) is 11.3 Å². The molecule has 0 fully saturated rings. The van der Waals surface area contributed by atoms with Crippen LogP contribution in [0.2, 0.25) is 0 Å². The van der Waals surface area contributed by atoms with Crippen LogP contribution in [0.5, 0.6) is 0 Å². The first-order valence-electron chi connectivity index (χ1n) is 5.10. The minimum atomic E-state index is -2.96. The van der Waals surface area contributed by atoms with Gasteiger partial charge in [-0.05, 0) is 13.3 Å². The molecule has 0 amide bonds. The number of rotatable bonds is 6. The number of hydrogen-bond acceptors (Lipinski definition) is 5. The molecule has 0 aliphatic rings. The number of carbonyl (C=O) groups excluding carboxylic acids is 1. The Kier molecular flexibility index (Phi) is 4.61. The van der Waals surface area contributed by atoms with Gasteiger partial charge in [-0.1, -0.05) is 6.92 Å². The van der Waals surface area contributed by atoms with Crippen molar-refractivity contribution < 1.29 is 13.2 Å². The van der Waals surface area contributed by atoms with Gasteiger partial charge < -0.3 is 0 Å². The van der Waals surface area contributed by atoms with Gasteiger partial charge in [-0.3, -0.25) is 4.79 Å². The number of Topliss-reactive ketones (excluding diaryl/α,β-unsaturated/α-hetero) is 1. The summed E-state index contributed by atoms with van der Waals surface area (Å²) >= 11 is 1.35. The summed E-state index contributed by atoms with van der Waals surface area (Å²) in [5.74, 6) is 0.213. The topological polar surface area (TPSA) is 64.1 Å². The van der Waals surface area contributed by atoms with Gasteiger partial charge >= 0.3 is 0 Å². The van der Waals surface area contributed by atoms with Crippen LogP contribution >= 0.6 is 11.3 Å². The molecular formula is C10H15NO3S2. The zero-order chi connectivity index (χ0) is 12.2. The Hall–Kier alpha value is -0.750. The molecule has 1 aromatic heterocycles. The van der Waals surface area contributed by atoms with E-state index in [0.717, 1.165) is 5.01 Å². The fraction of sp³-hybridized carbons (Fsp3) is 0.600. The van der Waals surface area contributed by atoms with Crippen molar-refractivity contribution in [3.63, 3.8) is 0 Å². The van der Waals surface area contributed by atoms with E-state index < -0.39 is 9.84 Å². The Bertz CT molecular complexity index is 462. The van der Waals surface area contributed by atoms with Crippen LogP contribution in [-0.4, -0.2) is 30.7 Å². The first kappa shape index (κ1) is 13.3. The van der Waals surface area contributed by atoms with E-state index in [-0.39, 0.29) is 23.7 Å². The van der Waals surface area contributed by atoms with Crippen LogP contribution in [0.15, 0.2) is 6.20 Å². The second-order valence-corrected chi connectivity index (χ2v) is 7.21. The van der Waals surface area contributed by atoms with Gasteiger partial charge in [-0.2, -0.15) is 0 Å². The molecule has 1 aromatic rings. The maximum absolute atomic E-state index is 11.6. The zero-order valence-corrected chi connectivity index (χ0v) is 11.0. The minimum absolute atomic E-state index is 0.0168. The standard InChI is InChI=1S/C10H15NO3S2/c1-3-16(13,14)6-4-5-9(12)10-7-11-8(2)15-10/h7H,3-6H2,1-2H3. The monoisotopic (exact) mass is 261 g/mol. The quantitative estimate of drug-likeness (QED) is 0.733. The molecule has 0 spiro atoms. The number of nitrogens with zero attached hydrogens (tertiary/aromatic N) is 1. The minimum Gasteiger partial charge on any atom is -0.293 e. The molecule has 1 rings (SSSR count). The van der Waals surface area contributed by atoms with Crippen molar-refractivity contribution in [2.75, 3.05) is 11.5 Å². The molecule has 0 radical (unpaired) electrons. The summed E-state index contributed by atoms with van der Waals surface area (Å²) in [6, 6.07) is 0. The lowest BCUT2D eigenvalue weighted by molar-refractivity contribution is 0.0985.